The Hall–Kier alpha value is -1.68. The lowest BCUT2D eigenvalue weighted by Gasteiger charge is -2.09. The molecule has 0 bridgehead atoms. The number of hydrogen-bond acceptors (Lipinski definition) is 2. The van der Waals surface area contributed by atoms with Crippen LogP contribution in [0.2, 0.25) is 0 Å². The summed E-state index contributed by atoms with van der Waals surface area (Å²) >= 11 is 0. The molecule has 0 aromatic heterocycles. The number of nitrogens with two attached hydrogens (primary N) is 1. The molecule has 4 heteroatoms. The number of halogens is 1. The van der Waals surface area contributed by atoms with E-state index in [4.69, 9.17) is 5.73 Å². The van der Waals surface area contributed by atoms with E-state index in [1.165, 1.54) is 18.2 Å². The van der Waals surface area contributed by atoms with Crippen molar-refractivity contribution in [3.05, 3.63) is 58.9 Å². The summed E-state index contributed by atoms with van der Waals surface area (Å²) in [5.41, 5.74) is 9.31. The van der Waals surface area contributed by atoms with E-state index in [9.17, 15) is 8.60 Å². The zero-order chi connectivity index (χ0) is 14.0. The van der Waals surface area contributed by atoms with Crippen molar-refractivity contribution in [1.82, 2.24) is 0 Å². The van der Waals surface area contributed by atoms with Crippen LogP contribution in [0.3, 0.4) is 0 Å². The molecule has 1 atom stereocenters. The van der Waals surface area contributed by atoms with Crippen molar-refractivity contribution in [3.8, 4) is 0 Å². The molecule has 19 heavy (non-hydrogen) atoms. The van der Waals surface area contributed by atoms with Gasteiger partial charge in [-0.25, -0.2) is 4.39 Å². The van der Waals surface area contributed by atoms with E-state index in [2.05, 4.69) is 0 Å². The Balaban J connectivity index is 2.30. The lowest BCUT2D eigenvalue weighted by molar-refractivity contribution is 0.623. The fourth-order valence-electron chi connectivity index (χ4n) is 1.88. The first-order valence-electron chi connectivity index (χ1n) is 5.97. The van der Waals surface area contributed by atoms with Crippen molar-refractivity contribution < 1.29 is 8.60 Å². The van der Waals surface area contributed by atoms with E-state index >= 15 is 0 Å². The maximum atomic E-state index is 13.2. The fourth-order valence-corrected chi connectivity index (χ4v) is 3.20. The molecule has 0 aliphatic rings. The molecule has 0 radical (unpaired) electrons. The summed E-state index contributed by atoms with van der Waals surface area (Å²) in [7, 11) is -1.34. The number of rotatable bonds is 3. The van der Waals surface area contributed by atoms with E-state index < -0.39 is 16.6 Å². The summed E-state index contributed by atoms with van der Waals surface area (Å²) in [5.74, 6) is -0.0697. The number of anilines is 1. The molecule has 100 valence electrons. The van der Waals surface area contributed by atoms with E-state index in [1.807, 2.05) is 32.0 Å². The quantitative estimate of drug-likeness (QED) is 0.874. The molecule has 0 saturated carbocycles. The molecule has 2 aromatic carbocycles. The van der Waals surface area contributed by atoms with Crippen molar-refractivity contribution in [1.29, 1.82) is 0 Å². The molecule has 0 amide bonds. The summed E-state index contributed by atoms with van der Waals surface area (Å²) in [6.45, 7) is 3.96. The van der Waals surface area contributed by atoms with Crippen LogP contribution in [0, 0.1) is 19.7 Å². The standard InChI is InChI=1S/C15H16FNOS/c1-10-3-4-11(2)12(7-10)9-19(18)15-8-13(16)5-6-14(15)17/h3-8H,9,17H2,1-2H3. The highest BCUT2D eigenvalue weighted by Crippen LogP contribution is 2.22. The fraction of sp³-hybridized carbons (Fsp3) is 0.200. The van der Waals surface area contributed by atoms with Gasteiger partial charge in [-0.3, -0.25) is 4.21 Å². The maximum Gasteiger partial charge on any atom is 0.124 e. The Kier molecular flexibility index (Phi) is 4.00. The van der Waals surface area contributed by atoms with Gasteiger partial charge in [-0.05, 0) is 43.2 Å². The first kappa shape index (κ1) is 13.7. The second-order valence-electron chi connectivity index (χ2n) is 4.60. The van der Waals surface area contributed by atoms with Crippen LogP contribution < -0.4 is 5.73 Å². The topological polar surface area (TPSA) is 43.1 Å². The highest BCUT2D eigenvalue weighted by Gasteiger charge is 2.11. The van der Waals surface area contributed by atoms with Crippen LogP contribution in [0.5, 0.6) is 0 Å². The third-order valence-corrected chi connectivity index (χ3v) is 4.43. The Morgan fingerprint density at radius 2 is 1.89 bits per heavy atom. The number of nitrogen functional groups attached to an aromatic ring is 1. The lowest BCUT2D eigenvalue weighted by Crippen LogP contribution is -2.03. The van der Waals surface area contributed by atoms with Crippen LogP contribution in [0.15, 0.2) is 41.3 Å². The molecule has 2 N–H and O–H groups in total. The molecule has 0 fully saturated rings. The SMILES string of the molecule is Cc1ccc(C)c(CS(=O)c2cc(F)ccc2N)c1. The zero-order valence-electron chi connectivity index (χ0n) is 10.9. The second-order valence-corrected chi connectivity index (χ2v) is 6.02. The summed E-state index contributed by atoms with van der Waals surface area (Å²) in [6, 6.07) is 9.98. The molecule has 0 saturated heterocycles. The first-order chi connectivity index (χ1) is 8.97. The Bertz CT molecular complexity index is 640. The molecule has 2 rings (SSSR count). The minimum Gasteiger partial charge on any atom is -0.398 e. The smallest absolute Gasteiger partial charge is 0.124 e. The average Bonchev–Trinajstić information content (AvgIpc) is 2.36. The van der Waals surface area contributed by atoms with Gasteiger partial charge in [0.2, 0.25) is 0 Å². The normalized spacial score (nSPS) is 12.4. The second kappa shape index (κ2) is 5.53. The average molecular weight is 277 g/mol. The van der Waals surface area contributed by atoms with Crippen molar-refractivity contribution in [2.75, 3.05) is 5.73 Å². The first-order valence-corrected chi connectivity index (χ1v) is 7.29. The molecular formula is C15H16FNOS. The molecule has 2 nitrogen and oxygen atoms in total. The monoisotopic (exact) mass is 277 g/mol. The third-order valence-electron chi connectivity index (χ3n) is 3.01. The van der Waals surface area contributed by atoms with Gasteiger partial charge in [-0.2, -0.15) is 0 Å². The van der Waals surface area contributed by atoms with Crippen LogP contribution in [0.1, 0.15) is 16.7 Å². The predicted octanol–water partition coefficient (Wildman–Crippen LogP) is 3.33. The van der Waals surface area contributed by atoms with Crippen molar-refractivity contribution in [2.24, 2.45) is 0 Å². The van der Waals surface area contributed by atoms with Gasteiger partial charge >= 0.3 is 0 Å². The van der Waals surface area contributed by atoms with Crippen LogP contribution in [0.25, 0.3) is 0 Å². The van der Waals surface area contributed by atoms with Crippen molar-refractivity contribution in [2.45, 2.75) is 24.5 Å². The molecule has 2 aromatic rings. The summed E-state index contributed by atoms with van der Waals surface area (Å²) < 4.78 is 25.5. The maximum absolute atomic E-state index is 13.2. The Labute approximate surface area is 114 Å². The van der Waals surface area contributed by atoms with Gasteiger partial charge in [0, 0.05) is 5.69 Å². The van der Waals surface area contributed by atoms with Crippen molar-refractivity contribution >= 4 is 16.5 Å². The van der Waals surface area contributed by atoms with Crippen LogP contribution in [-0.2, 0) is 16.6 Å². The largest absolute Gasteiger partial charge is 0.398 e. The van der Waals surface area contributed by atoms with E-state index in [0.717, 1.165) is 16.7 Å². The Morgan fingerprint density at radius 1 is 1.16 bits per heavy atom. The van der Waals surface area contributed by atoms with Crippen LogP contribution >= 0.6 is 0 Å². The van der Waals surface area contributed by atoms with Gasteiger partial charge in [0.25, 0.3) is 0 Å². The molecule has 0 aliphatic carbocycles. The van der Waals surface area contributed by atoms with Gasteiger partial charge in [0.05, 0.1) is 21.4 Å². The van der Waals surface area contributed by atoms with Crippen LogP contribution in [0.4, 0.5) is 10.1 Å². The molecular weight excluding hydrogens is 261 g/mol. The minimum absolute atomic E-state index is 0.348. The van der Waals surface area contributed by atoms with Gasteiger partial charge in [-0.15, -0.1) is 0 Å². The third kappa shape index (κ3) is 3.20. The van der Waals surface area contributed by atoms with Crippen LogP contribution in [-0.4, -0.2) is 4.21 Å². The van der Waals surface area contributed by atoms with Gasteiger partial charge < -0.3 is 5.73 Å². The summed E-state index contributed by atoms with van der Waals surface area (Å²) in [5, 5.41) is 0. The predicted molar refractivity (Wildman–Crippen MR) is 76.8 cm³/mol. The highest BCUT2D eigenvalue weighted by molar-refractivity contribution is 7.84. The minimum atomic E-state index is -1.34. The number of benzene rings is 2. The molecule has 0 spiro atoms. The summed E-state index contributed by atoms with van der Waals surface area (Å²) in [4.78, 5) is 0.362. The van der Waals surface area contributed by atoms with E-state index in [-0.39, 0.29) is 0 Å². The van der Waals surface area contributed by atoms with Gasteiger partial charge in [0.1, 0.15) is 5.82 Å². The zero-order valence-corrected chi connectivity index (χ0v) is 11.8. The number of hydrogen-bond donors (Lipinski definition) is 1. The Morgan fingerprint density at radius 3 is 2.63 bits per heavy atom. The molecule has 0 aliphatic heterocycles. The van der Waals surface area contributed by atoms with Crippen molar-refractivity contribution in [3.63, 3.8) is 0 Å². The van der Waals surface area contributed by atoms with Gasteiger partial charge in [-0.1, -0.05) is 23.8 Å². The number of aryl methyl sites for hydroxylation is 2. The van der Waals surface area contributed by atoms with Gasteiger partial charge in [0.15, 0.2) is 0 Å². The molecule has 0 heterocycles. The molecule has 1 unspecified atom stereocenters. The lowest BCUT2D eigenvalue weighted by atomic mass is 10.1. The van der Waals surface area contributed by atoms with E-state index in [0.29, 0.717) is 16.3 Å². The summed E-state index contributed by atoms with van der Waals surface area (Å²) in [6.07, 6.45) is 0. The highest BCUT2D eigenvalue weighted by atomic mass is 32.2. The van der Waals surface area contributed by atoms with E-state index in [1.54, 1.807) is 0 Å².